The third kappa shape index (κ3) is 2.98. The maximum atomic E-state index is 12.4. The Morgan fingerprint density at radius 1 is 1.50 bits per heavy atom. The number of carbonyl (C=O) groups is 1. The minimum Gasteiger partial charge on any atom is -0.397 e. The van der Waals surface area contributed by atoms with Crippen LogP contribution in [0.25, 0.3) is 0 Å². The van der Waals surface area contributed by atoms with Crippen LogP contribution in [0.1, 0.15) is 43.7 Å². The molecule has 0 radical (unpaired) electrons. The van der Waals surface area contributed by atoms with Crippen LogP contribution in [0.2, 0.25) is 0 Å². The van der Waals surface area contributed by atoms with Crippen molar-refractivity contribution >= 4 is 21.4 Å². The molecule has 6 nitrogen and oxygen atoms in total. The molecule has 1 amide bonds. The number of nitrogens with one attached hydrogen (secondary N) is 1. The lowest BCUT2D eigenvalue weighted by atomic mass is 10.0. The second-order valence-corrected chi connectivity index (χ2v) is 8.20. The van der Waals surface area contributed by atoms with Gasteiger partial charge >= 0.3 is 0 Å². The van der Waals surface area contributed by atoms with Crippen molar-refractivity contribution in [2.24, 2.45) is 0 Å². The average Bonchev–Trinajstić information content (AvgIpc) is 2.79. The molecule has 1 aliphatic heterocycles. The largest absolute Gasteiger partial charge is 0.397 e. The SMILES string of the molecule is CC(C)n1cc(N)cc1C(=O)NC1(C)CCS(=O)(=O)C1. The normalized spacial score (nSPS) is 25.0. The minimum absolute atomic E-state index is 0.0103. The standard InChI is InChI=1S/C13H21N3O3S/c1-9(2)16-7-10(14)6-11(16)12(17)15-13(3)4-5-20(18,19)8-13/h6-7,9H,4-5,8,14H2,1-3H3,(H,15,17). The summed E-state index contributed by atoms with van der Waals surface area (Å²) in [5, 5.41) is 2.84. The van der Waals surface area contributed by atoms with Crippen molar-refractivity contribution < 1.29 is 13.2 Å². The fourth-order valence-corrected chi connectivity index (χ4v) is 4.65. The molecule has 2 heterocycles. The Morgan fingerprint density at radius 2 is 2.15 bits per heavy atom. The van der Waals surface area contributed by atoms with Gasteiger partial charge in [0.2, 0.25) is 0 Å². The zero-order valence-electron chi connectivity index (χ0n) is 12.0. The van der Waals surface area contributed by atoms with E-state index < -0.39 is 15.4 Å². The Balaban J connectivity index is 2.21. The number of anilines is 1. The Morgan fingerprint density at radius 3 is 2.65 bits per heavy atom. The molecule has 0 aliphatic carbocycles. The smallest absolute Gasteiger partial charge is 0.268 e. The van der Waals surface area contributed by atoms with Gasteiger partial charge in [0.05, 0.1) is 22.7 Å². The molecule has 1 aromatic heterocycles. The molecule has 1 aliphatic rings. The first-order chi connectivity index (χ1) is 9.12. The molecule has 112 valence electrons. The first-order valence-corrected chi connectivity index (χ1v) is 8.44. The summed E-state index contributed by atoms with van der Waals surface area (Å²) >= 11 is 0. The van der Waals surface area contributed by atoms with E-state index in [9.17, 15) is 13.2 Å². The number of rotatable bonds is 3. The van der Waals surface area contributed by atoms with Crippen LogP contribution >= 0.6 is 0 Å². The zero-order chi connectivity index (χ0) is 15.1. The van der Waals surface area contributed by atoms with Crippen LogP contribution in [0, 0.1) is 0 Å². The van der Waals surface area contributed by atoms with Crippen molar-refractivity contribution in [1.29, 1.82) is 0 Å². The van der Waals surface area contributed by atoms with E-state index in [1.54, 1.807) is 23.8 Å². The van der Waals surface area contributed by atoms with Crippen molar-refractivity contribution in [1.82, 2.24) is 9.88 Å². The molecule has 20 heavy (non-hydrogen) atoms. The van der Waals surface area contributed by atoms with Crippen molar-refractivity contribution in [3.8, 4) is 0 Å². The average molecular weight is 299 g/mol. The van der Waals surface area contributed by atoms with Crippen molar-refractivity contribution in [3.05, 3.63) is 18.0 Å². The highest BCUT2D eigenvalue weighted by Crippen LogP contribution is 2.24. The van der Waals surface area contributed by atoms with E-state index in [-0.39, 0.29) is 23.5 Å². The van der Waals surface area contributed by atoms with E-state index in [0.29, 0.717) is 17.8 Å². The summed E-state index contributed by atoms with van der Waals surface area (Å²) in [6, 6.07) is 1.72. The Hall–Kier alpha value is -1.50. The Labute approximate surface area is 119 Å². The fourth-order valence-electron chi connectivity index (χ4n) is 2.56. The summed E-state index contributed by atoms with van der Waals surface area (Å²) in [6.07, 6.45) is 2.16. The number of hydrogen-bond acceptors (Lipinski definition) is 4. The number of nitrogens with two attached hydrogens (primary N) is 1. The van der Waals surface area contributed by atoms with Crippen LogP contribution in [0.15, 0.2) is 12.3 Å². The van der Waals surface area contributed by atoms with Gasteiger partial charge in [0.25, 0.3) is 5.91 Å². The molecule has 1 atom stereocenters. The van der Waals surface area contributed by atoms with Gasteiger partial charge in [-0.15, -0.1) is 0 Å². The van der Waals surface area contributed by atoms with Gasteiger partial charge in [0.15, 0.2) is 9.84 Å². The summed E-state index contributed by atoms with van der Waals surface area (Å²) in [5.41, 5.74) is 6.03. The van der Waals surface area contributed by atoms with E-state index in [2.05, 4.69) is 5.32 Å². The second kappa shape index (κ2) is 4.80. The lowest BCUT2D eigenvalue weighted by Gasteiger charge is -2.24. The van der Waals surface area contributed by atoms with E-state index in [1.807, 2.05) is 13.8 Å². The maximum Gasteiger partial charge on any atom is 0.268 e. The summed E-state index contributed by atoms with van der Waals surface area (Å²) in [5.74, 6) is -0.171. The van der Waals surface area contributed by atoms with Gasteiger partial charge < -0.3 is 15.6 Å². The number of nitrogen functional groups attached to an aromatic ring is 1. The van der Waals surface area contributed by atoms with Crippen LogP contribution < -0.4 is 11.1 Å². The van der Waals surface area contributed by atoms with Crippen LogP contribution in [0.5, 0.6) is 0 Å². The fraction of sp³-hybridized carbons (Fsp3) is 0.615. The van der Waals surface area contributed by atoms with Crippen LogP contribution in [0.3, 0.4) is 0 Å². The number of hydrogen-bond donors (Lipinski definition) is 2. The van der Waals surface area contributed by atoms with Crippen LogP contribution in [-0.4, -0.2) is 35.9 Å². The van der Waals surface area contributed by atoms with Crippen molar-refractivity contribution in [3.63, 3.8) is 0 Å². The van der Waals surface area contributed by atoms with E-state index in [0.717, 1.165) is 0 Å². The first kappa shape index (κ1) is 14.9. The highest BCUT2D eigenvalue weighted by atomic mass is 32.2. The molecule has 0 bridgehead atoms. The van der Waals surface area contributed by atoms with Gasteiger partial charge in [-0.3, -0.25) is 4.79 Å². The Kier molecular flexibility index (Phi) is 3.58. The number of amides is 1. The molecular formula is C13H21N3O3S. The molecule has 1 fully saturated rings. The third-order valence-corrected chi connectivity index (χ3v) is 5.48. The molecule has 0 aromatic carbocycles. The summed E-state index contributed by atoms with van der Waals surface area (Å²) < 4.78 is 24.9. The molecule has 1 unspecified atom stereocenters. The molecule has 2 rings (SSSR count). The van der Waals surface area contributed by atoms with Gasteiger partial charge in [-0.25, -0.2) is 8.42 Å². The number of sulfone groups is 1. The maximum absolute atomic E-state index is 12.4. The zero-order valence-corrected chi connectivity index (χ0v) is 12.8. The molecule has 7 heteroatoms. The molecule has 3 N–H and O–H groups in total. The highest BCUT2D eigenvalue weighted by molar-refractivity contribution is 7.91. The lowest BCUT2D eigenvalue weighted by Crippen LogP contribution is -2.47. The molecule has 0 spiro atoms. The van der Waals surface area contributed by atoms with Gasteiger partial charge in [-0.05, 0) is 33.3 Å². The van der Waals surface area contributed by atoms with Crippen LogP contribution in [0.4, 0.5) is 5.69 Å². The molecular weight excluding hydrogens is 278 g/mol. The first-order valence-electron chi connectivity index (χ1n) is 6.62. The topological polar surface area (TPSA) is 94.2 Å². The predicted octanol–water partition coefficient (Wildman–Crippen LogP) is 0.958. The molecule has 0 saturated carbocycles. The van der Waals surface area contributed by atoms with Gasteiger partial charge in [-0.1, -0.05) is 0 Å². The number of nitrogens with zero attached hydrogens (tertiary/aromatic N) is 1. The van der Waals surface area contributed by atoms with Crippen LogP contribution in [-0.2, 0) is 9.84 Å². The van der Waals surface area contributed by atoms with E-state index in [1.165, 1.54) is 0 Å². The van der Waals surface area contributed by atoms with Gasteiger partial charge in [0.1, 0.15) is 5.69 Å². The molecule has 1 saturated heterocycles. The molecule has 1 aromatic rings. The van der Waals surface area contributed by atoms with Crippen molar-refractivity contribution in [2.75, 3.05) is 17.2 Å². The highest BCUT2D eigenvalue weighted by Gasteiger charge is 2.39. The monoisotopic (exact) mass is 299 g/mol. The number of carbonyl (C=O) groups excluding carboxylic acids is 1. The third-order valence-electron chi connectivity index (χ3n) is 3.58. The lowest BCUT2D eigenvalue weighted by molar-refractivity contribution is 0.0904. The van der Waals surface area contributed by atoms with Gasteiger partial charge in [-0.2, -0.15) is 0 Å². The second-order valence-electron chi connectivity index (χ2n) is 6.02. The van der Waals surface area contributed by atoms with E-state index >= 15 is 0 Å². The summed E-state index contributed by atoms with van der Waals surface area (Å²) in [6.45, 7) is 5.68. The quantitative estimate of drug-likeness (QED) is 0.869. The predicted molar refractivity (Wildman–Crippen MR) is 78.4 cm³/mol. The van der Waals surface area contributed by atoms with Gasteiger partial charge in [0, 0.05) is 12.2 Å². The summed E-state index contributed by atoms with van der Waals surface area (Å²) in [4.78, 5) is 12.4. The number of aromatic nitrogens is 1. The minimum atomic E-state index is -3.05. The Bertz CT molecular complexity index is 633. The van der Waals surface area contributed by atoms with E-state index in [4.69, 9.17) is 5.73 Å². The summed E-state index contributed by atoms with van der Waals surface area (Å²) in [7, 11) is -3.05. The van der Waals surface area contributed by atoms with Crippen molar-refractivity contribution in [2.45, 2.75) is 38.8 Å².